The summed E-state index contributed by atoms with van der Waals surface area (Å²) in [6, 6.07) is 18.6. The van der Waals surface area contributed by atoms with Gasteiger partial charge in [0.25, 0.3) is 0 Å². The van der Waals surface area contributed by atoms with Crippen molar-refractivity contribution in [2.24, 2.45) is 0 Å². The summed E-state index contributed by atoms with van der Waals surface area (Å²) in [7, 11) is 0. The molecule has 1 aliphatic rings. The third kappa shape index (κ3) is 6.53. The highest BCUT2D eigenvalue weighted by molar-refractivity contribution is 5.62. The normalized spacial score (nSPS) is 14.3. The quantitative estimate of drug-likeness (QED) is 0.363. The Labute approximate surface area is 214 Å². The van der Waals surface area contributed by atoms with Crippen LogP contribution in [0.1, 0.15) is 57.2 Å². The Balaban J connectivity index is 0.000000919. The second-order valence-corrected chi connectivity index (χ2v) is 8.23. The SMILES string of the molecule is C=O.CC.Cc1nnc(-c2cccc(N3CCC(C)c4nc(NCc5ccccc5)ncc4C3)c2)o1.[HH]. The molecule has 8 heteroatoms. The minimum atomic E-state index is 0. The Hall–Kier alpha value is -4.07. The van der Waals surface area contributed by atoms with Gasteiger partial charge in [0.05, 0.1) is 5.69 Å². The topological polar surface area (TPSA) is 97.0 Å². The predicted molar refractivity (Wildman–Crippen MR) is 145 cm³/mol. The third-order valence-electron chi connectivity index (χ3n) is 5.84. The molecule has 0 bridgehead atoms. The van der Waals surface area contributed by atoms with Gasteiger partial charge < -0.3 is 19.4 Å². The van der Waals surface area contributed by atoms with Gasteiger partial charge in [-0.2, -0.15) is 0 Å². The van der Waals surface area contributed by atoms with Crippen LogP contribution >= 0.6 is 0 Å². The van der Waals surface area contributed by atoms with Crippen LogP contribution in [-0.2, 0) is 17.9 Å². The highest BCUT2D eigenvalue weighted by Gasteiger charge is 2.22. The Morgan fingerprint density at radius 3 is 2.61 bits per heavy atom. The zero-order chi connectivity index (χ0) is 25.9. The third-order valence-corrected chi connectivity index (χ3v) is 5.84. The zero-order valence-electron chi connectivity index (χ0n) is 21.4. The molecule has 2 aromatic carbocycles. The van der Waals surface area contributed by atoms with Crippen molar-refractivity contribution in [3.8, 4) is 11.5 Å². The van der Waals surface area contributed by atoms with Crippen LogP contribution in [0.2, 0.25) is 0 Å². The first-order chi connectivity index (χ1) is 17.7. The molecule has 0 saturated heterocycles. The van der Waals surface area contributed by atoms with E-state index in [-0.39, 0.29) is 1.43 Å². The second-order valence-electron chi connectivity index (χ2n) is 8.23. The number of carbonyl (C=O) groups is 1. The maximum absolute atomic E-state index is 8.00. The van der Waals surface area contributed by atoms with E-state index in [9.17, 15) is 0 Å². The monoisotopic (exact) mass is 488 g/mol. The molecule has 0 fully saturated rings. The summed E-state index contributed by atoms with van der Waals surface area (Å²) < 4.78 is 5.61. The molecule has 0 aliphatic carbocycles. The lowest BCUT2D eigenvalue weighted by atomic mass is 10.0. The zero-order valence-corrected chi connectivity index (χ0v) is 21.4. The minimum absolute atomic E-state index is 0. The van der Waals surface area contributed by atoms with E-state index in [1.54, 1.807) is 6.92 Å². The molecule has 36 heavy (non-hydrogen) atoms. The maximum Gasteiger partial charge on any atom is 0.247 e. The van der Waals surface area contributed by atoms with Crippen LogP contribution in [0, 0.1) is 6.92 Å². The van der Waals surface area contributed by atoms with Crippen LogP contribution < -0.4 is 10.2 Å². The molecule has 3 heterocycles. The summed E-state index contributed by atoms with van der Waals surface area (Å²) in [5.41, 5.74) is 5.56. The molecule has 0 amide bonds. The van der Waals surface area contributed by atoms with Crippen LogP contribution in [0.5, 0.6) is 0 Å². The fourth-order valence-electron chi connectivity index (χ4n) is 4.07. The minimum Gasteiger partial charge on any atom is -0.421 e. The molecule has 2 aromatic heterocycles. The van der Waals surface area contributed by atoms with Crippen LogP contribution in [-0.4, -0.2) is 33.5 Å². The maximum atomic E-state index is 8.00. The molecule has 1 aliphatic heterocycles. The highest BCUT2D eigenvalue weighted by Crippen LogP contribution is 2.31. The molecule has 0 radical (unpaired) electrons. The number of anilines is 2. The summed E-state index contributed by atoms with van der Waals surface area (Å²) in [5, 5.41) is 11.5. The number of carbonyl (C=O) groups excluding carboxylic acids is 1. The van der Waals surface area contributed by atoms with E-state index in [0.29, 0.717) is 30.2 Å². The van der Waals surface area contributed by atoms with E-state index >= 15 is 0 Å². The van der Waals surface area contributed by atoms with Gasteiger partial charge >= 0.3 is 0 Å². The molecule has 1 atom stereocenters. The van der Waals surface area contributed by atoms with Gasteiger partial charge in [-0.3, -0.25) is 0 Å². The van der Waals surface area contributed by atoms with E-state index in [1.165, 1.54) is 11.1 Å². The lowest BCUT2D eigenvalue weighted by Gasteiger charge is -2.23. The van der Waals surface area contributed by atoms with Crippen LogP contribution in [0.4, 0.5) is 11.6 Å². The molecule has 1 unspecified atom stereocenters. The first kappa shape index (κ1) is 26.5. The van der Waals surface area contributed by atoms with E-state index in [1.807, 2.05) is 57.2 Å². The fourth-order valence-corrected chi connectivity index (χ4v) is 4.07. The van der Waals surface area contributed by atoms with Gasteiger partial charge in [-0.25, -0.2) is 9.97 Å². The number of rotatable bonds is 5. The molecular formula is C28H36N6O2. The van der Waals surface area contributed by atoms with Gasteiger partial charge in [-0.1, -0.05) is 57.2 Å². The van der Waals surface area contributed by atoms with Crippen molar-refractivity contribution in [1.29, 1.82) is 0 Å². The first-order valence-electron chi connectivity index (χ1n) is 12.2. The molecule has 5 rings (SSSR count). The smallest absolute Gasteiger partial charge is 0.247 e. The Bertz CT molecular complexity index is 1230. The number of nitrogens with one attached hydrogen (secondary N) is 1. The molecule has 190 valence electrons. The van der Waals surface area contributed by atoms with Gasteiger partial charge in [-0.15, -0.1) is 10.2 Å². The first-order valence-corrected chi connectivity index (χ1v) is 12.2. The average molecular weight is 489 g/mol. The molecule has 0 spiro atoms. The molecule has 8 nitrogen and oxygen atoms in total. The van der Waals surface area contributed by atoms with Crippen molar-refractivity contribution in [1.82, 2.24) is 20.2 Å². The van der Waals surface area contributed by atoms with Gasteiger partial charge in [0.2, 0.25) is 17.7 Å². The lowest BCUT2D eigenvalue weighted by molar-refractivity contribution is -0.0979. The fraction of sp³-hybridized carbons (Fsp3) is 0.321. The van der Waals surface area contributed by atoms with E-state index < -0.39 is 0 Å². The van der Waals surface area contributed by atoms with Crippen molar-refractivity contribution in [3.63, 3.8) is 0 Å². The predicted octanol–water partition coefficient (Wildman–Crippen LogP) is 6.05. The highest BCUT2D eigenvalue weighted by atomic mass is 16.4. The van der Waals surface area contributed by atoms with E-state index in [0.717, 1.165) is 36.5 Å². The van der Waals surface area contributed by atoms with Crippen LogP contribution in [0.25, 0.3) is 11.5 Å². The molecule has 4 aromatic rings. The number of fused-ring (bicyclic) bond motifs is 1. The van der Waals surface area contributed by atoms with Gasteiger partial charge in [0, 0.05) is 56.9 Å². The van der Waals surface area contributed by atoms with E-state index in [2.05, 4.69) is 56.6 Å². The standard InChI is InChI=1S/C25H26N6O.C2H6.CH2O.H2/c1-17-11-12-31(22-10-6-9-20(13-22)24-30-29-18(2)32-24)16-21-15-27-25(28-23(17)21)26-14-19-7-4-3-5-8-19;2*1-2;/h3-10,13,15,17H,11-12,14,16H2,1-2H3,(H,26,27,28);1-2H3;1H2;1H. The number of hydrogen-bond acceptors (Lipinski definition) is 8. The summed E-state index contributed by atoms with van der Waals surface area (Å²) >= 11 is 0. The number of hydrogen-bond donors (Lipinski definition) is 1. The van der Waals surface area contributed by atoms with Crippen LogP contribution in [0.15, 0.2) is 65.2 Å². The van der Waals surface area contributed by atoms with Crippen molar-refractivity contribution in [2.45, 2.75) is 53.1 Å². The number of benzene rings is 2. The van der Waals surface area contributed by atoms with Gasteiger partial charge in [-0.05, 0) is 30.2 Å². The molecule has 1 N–H and O–H groups in total. The van der Waals surface area contributed by atoms with Gasteiger partial charge in [0.15, 0.2) is 0 Å². The van der Waals surface area contributed by atoms with Crippen molar-refractivity contribution >= 4 is 18.4 Å². The summed E-state index contributed by atoms with van der Waals surface area (Å²) in [4.78, 5) is 19.9. The summed E-state index contributed by atoms with van der Waals surface area (Å²) in [6.07, 6.45) is 2.99. The Morgan fingerprint density at radius 2 is 1.89 bits per heavy atom. The Morgan fingerprint density at radius 1 is 1.11 bits per heavy atom. The van der Waals surface area contributed by atoms with Crippen LogP contribution in [0.3, 0.4) is 0 Å². The van der Waals surface area contributed by atoms with E-state index in [4.69, 9.17) is 14.2 Å². The van der Waals surface area contributed by atoms with Crippen molar-refractivity contribution in [2.75, 3.05) is 16.8 Å². The second kappa shape index (κ2) is 13.1. The molecule has 0 saturated carbocycles. The molecular weight excluding hydrogens is 452 g/mol. The van der Waals surface area contributed by atoms with Gasteiger partial charge in [0.1, 0.15) is 6.79 Å². The Kier molecular flexibility index (Phi) is 9.68. The number of aryl methyl sites for hydroxylation is 1. The average Bonchev–Trinajstić information content (AvgIpc) is 3.31. The van der Waals surface area contributed by atoms with Crippen molar-refractivity contribution < 1.29 is 10.6 Å². The summed E-state index contributed by atoms with van der Waals surface area (Å²) in [5.74, 6) is 2.15. The summed E-state index contributed by atoms with van der Waals surface area (Å²) in [6.45, 7) is 12.5. The number of aromatic nitrogens is 4. The van der Waals surface area contributed by atoms with Crippen molar-refractivity contribution in [3.05, 3.63) is 83.5 Å². The number of nitrogens with zero attached hydrogens (tertiary/aromatic N) is 5. The lowest BCUT2D eigenvalue weighted by Crippen LogP contribution is -2.22. The largest absolute Gasteiger partial charge is 0.421 e.